The molecule has 0 spiro atoms. The van der Waals surface area contributed by atoms with Crippen molar-refractivity contribution in [3.05, 3.63) is 17.8 Å². The predicted octanol–water partition coefficient (Wildman–Crippen LogP) is 3.17. The molecule has 6 atom stereocenters. The lowest BCUT2D eigenvalue weighted by Gasteiger charge is -2.40. The van der Waals surface area contributed by atoms with E-state index in [4.69, 9.17) is 9.47 Å². The number of fused-ring (bicyclic) bond motifs is 2. The summed E-state index contributed by atoms with van der Waals surface area (Å²) in [5, 5.41) is 10.7. The SMILES string of the molecule is CO[C@@H]1COCC[C@@H]1N[C@@H]1CC[C@](CC(F)(F)F)(C(=O)N2C[C@H]3C[C@H]2CN3c2cc(C(F)(F)F)cnn2)C1. The number of hydrogen-bond donors (Lipinski definition) is 1. The van der Waals surface area contributed by atoms with Crippen LogP contribution in [0.2, 0.25) is 0 Å². The van der Waals surface area contributed by atoms with Gasteiger partial charge in [0.1, 0.15) is 0 Å². The molecule has 3 aliphatic heterocycles. The lowest BCUT2D eigenvalue weighted by molar-refractivity contribution is -0.174. The summed E-state index contributed by atoms with van der Waals surface area (Å²) in [6.07, 6.45) is -8.11. The molecule has 0 radical (unpaired) electrons. The summed E-state index contributed by atoms with van der Waals surface area (Å²) in [5.74, 6) is -0.463. The summed E-state index contributed by atoms with van der Waals surface area (Å²) >= 11 is 0. The van der Waals surface area contributed by atoms with E-state index in [1.807, 2.05) is 0 Å². The number of carbonyl (C=O) groups excluding carboxylic acids is 1. The molecule has 0 unspecified atom stereocenters. The Balaban J connectivity index is 1.29. The highest BCUT2D eigenvalue weighted by Gasteiger charge is 2.57. The van der Waals surface area contributed by atoms with Gasteiger partial charge in [0, 0.05) is 38.9 Å². The molecule has 8 nitrogen and oxygen atoms in total. The lowest BCUT2D eigenvalue weighted by atomic mass is 9.80. The maximum atomic E-state index is 13.8. The Morgan fingerprint density at radius 3 is 2.66 bits per heavy atom. The lowest BCUT2D eigenvalue weighted by Crippen LogP contribution is -2.54. The van der Waals surface area contributed by atoms with Crippen LogP contribution in [0.25, 0.3) is 0 Å². The van der Waals surface area contributed by atoms with Crippen LogP contribution in [0.5, 0.6) is 0 Å². The second-order valence-electron chi connectivity index (χ2n) is 10.9. The Bertz CT molecular complexity index is 1030. The van der Waals surface area contributed by atoms with Crippen LogP contribution in [0, 0.1) is 5.41 Å². The summed E-state index contributed by atoms with van der Waals surface area (Å²) in [7, 11) is 1.57. The van der Waals surface area contributed by atoms with Crippen LogP contribution in [0.4, 0.5) is 32.2 Å². The van der Waals surface area contributed by atoms with Crippen LogP contribution in [0.15, 0.2) is 12.3 Å². The minimum absolute atomic E-state index is 0.0544. The molecule has 1 saturated carbocycles. The Morgan fingerprint density at radius 1 is 1.21 bits per heavy atom. The molecule has 3 saturated heterocycles. The Morgan fingerprint density at radius 2 is 2.00 bits per heavy atom. The second kappa shape index (κ2) is 10.1. The van der Waals surface area contributed by atoms with Crippen molar-refractivity contribution < 1.29 is 40.6 Å². The van der Waals surface area contributed by atoms with Crippen molar-refractivity contribution in [2.75, 3.05) is 38.3 Å². The van der Waals surface area contributed by atoms with Crippen LogP contribution < -0.4 is 10.2 Å². The molecule has 4 heterocycles. The first kappa shape index (κ1) is 27.4. The number of likely N-dealkylation sites (tertiary alicyclic amines) is 1. The fraction of sp³-hybridized carbons (Fsp3) is 0.792. The minimum atomic E-state index is -4.57. The molecule has 4 fully saturated rings. The fourth-order valence-electron chi connectivity index (χ4n) is 6.67. The van der Waals surface area contributed by atoms with Crippen molar-refractivity contribution in [2.45, 2.75) is 81.1 Å². The number of methoxy groups -OCH3 is 1. The molecular weight excluding hydrogens is 520 g/mol. The van der Waals surface area contributed by atoms with Crippen LogP contribution in [0.3, 0.4) is 0 Å². The van der Waals surface area contributed by atoms with Gasteiger partial charge in [-0.1, -0.05) is 0 Å². The van der Waals surface area contributed by atoms with Crippen LogP contribution in [-0.4, -0.2) is 90.9 Å². The van der Waals surface area contributed by atoms with E-state index < -0.39 is 41.7 Å². The third-order valence-electron chi connectivity index (χ3n) is 8.42. The minimum Gasteiger partial charge on any atom is -0.379 e. The third-order valence-corrected chi connectivity index (χ3v) is 8.42. The van der Waals surface area contributed by atoms with Gasteiger partial charge in [-0.05, 0) is 38.2 Å². The normalized spacial score (nSPS) is 33.8. The molecular formula is C24H31F6N5O3. The Labute approximate surface area is 216 Å². The molecule has 1 aliphatic carbocycles. The van der Waals surface area contributed by atoms with Gasteiger partial charge >= 0.3 is 12.4 Å². The van der Waals surface area contributed by atoms with Gasteiger partial charge in [-0.25, -0.2) is 0 Å². The number of halogens is 6. The topological polar surface area (TPSA) is 79.8 Å². The van der Waals surface area contributed by atoms with Crippen molar-refractivity contribution >= 4 is 11.7 Å². The monoisotopic (exact) mass is 551 g/mol. The van der Waals surface area contributed by atoms with Gasteiger partial charge in [0.05, 0.1) is 48.4 Å². The highest BCUT2D eigenvalue weighted by Crippen LogP contribution is 2.49. The van der Waals surface area contributed by atoms with Gasteiger partial charge in [-0.15, -0.1) is 5.10 Å². The smallest absolute Gasteiger partial charge is 0.379 e. The average molecular weight is 552 g/mol. The van der Waals surface area contributed by atoms with Gasteiger partial charge in [0.15, 0.2) is 5.82 Å². The first-order chi connectivity index (χ1) is 17.9. The molecule has 38 heavy (non-hydrogen) atoms. The number of ether oxygens (including phenoxy) is 2. The average Bonchev–Trinajstić information content (AvgIpc) is 3.58. The zero-order valence-corrected chi connectivity index (χ0v) is 20.9. The standard InChI is InChI=1S/C24H31F6N5O3/c1-37-19-12-38-5-3-18(19)32-15-2-4-22(8-15,13-23(25,26)27)21(36)35-11-16-7-17(35)10-34(16)20-6-14(9-31-33-20)24(28,29)30/h6,9,15-19,32H,2-5,7-8,10-13H2,1H3/t15-,16-,17+,18+,19-,22+/m1/s1. The number of anilines is 1. The number of aromatic nitrogens is 2. The number of alkyl halides is 6. The Kier molecular flexibility index (Phi) is 7.27. The maximum Gasteiger partial charge on any atom is 0.418 e. The van der Waals surface area contributed by atoms with E-state index in [1.165, 1.54) is 4.90 Å². The first-order valence-corrected chi connectivity index (χ1v) is 12.8. The predicted molar refractivity (Wildman–Crippen MR) is 122 cm³/mol. The van der Waals surface area contributed by atoms with E-state index in [-0.39, 0.29) is 56.0 Å². The number of carbonyl (C=O) groups is 1. The summed E-state index contributed by atoms with van der Waals surface area (Å²) in [6, 6.07) is -0.139. The molecule has 1 amide bonds. The van der Waals surface area contributed by atoms with Gasteiger partial charge in [0.2, 0.25) is 5.91 Å². The van der Waals surface area contributed by atoms with E-state index in [0.717, 1.165) is 6.07 Å². The second-order valence-corrected chi connectivity index (χ2v) is 10.9. The number of hydrogen-bond acceptors (Lipinski definition) is 7. The molecule has 14 heteroatoms. The van der Waals surface area contributed by atoms with Crippen LogP contribution >= 0.6 is 0 Å². The van der Waals surface area contributed by atoms with Gasteiger partial charge in [-0.2, -0.15) is 31.4 Å². The number of nitrogens with one attached hydrogen (secondary N) is 1. The van der Waals surface area contributed by atoms with Crippen molar-refractivity contribution in [2.24, 2.45) is 5.41 Å². The van der Waals surface area contributed by atoms with Crippen molar-refractivity contribution in [3.8, 4) is 0 Å². The third kappa shape index (κ3) is 5.44. The highest BCUT2D eigenvalue weighted by molar-refractivity contribution is 5.84. The molecule has 0 aromatic carbocycles. The van der Waals surface area contributed by atoms with Crippen molar-refractivity contribution in [1.82, 2.24) is 20.4 Å². The summed E-state index contributed by atoms with van der Waals surface area (Å²) < 4.78 is 91.6. The largest absolute Gasteiger partial charge is 0.418 e. The Hall–Kier alpha value is -2.19. The van der Waals surface area contributed by atoms with E-state index in [0.29, 0.717) is 38.7 Å². The number of nitrogens with zero attached hydrogens (tertiary/aromatic N) is 4. The van der Waals surface area contributed by atoms with Crippen molar-refractivity contribution in [1.29, 1.82) is 0 Å². The molecule has 4 aliphatic rings. The van der Waals surface area contributed by atoms with Crippen LogP contribution in [-0.2, 0) is 20.4 Å². The summed E-state index contributed by atoms with van der Waals surface area (Å²) in [4.78, 5) is 17.0. The molecule has 1 aromatic heterocycles. The van der Waals surface area contributed by atoms with E-state index >= 15 is 0 Å². The van der Waals surface area contributed by atoms with Gasteiger partial charge in [-0.3, -0.25) is 4.79 Å². The van der Waals surface area contributed by atoms with E-state index in [2.05, 4.69) is 15.5 Å². The maximum absolute atomic E-state index is 13.8. The molecule has 2 bridgehead atoms. The first-order valence-electron chi connectivity index (χ1n) is 12.8. The molecule has 1 aromatic rings. The van der Waals surface area contributed by atoms with E-state index in [1.54, 1.807) is 12.0 Å². The summed E-state index contributed by atoms with van der Waals surface area (Å²) in [5.41, 5.74) is -2.50. The van der Waals surface area contributed by atoms with Gasteiger partial charge < -0.3 is 24.6 Å². The van der Waals surface area contributed by atoms with E-state index in [9.17, 15) is 31.1 Å². The quantitative estimate of drug-likeness (QED) is 0.545. The van der Waals surface area contributed by atoms with Crippen molar-refractivity contribution in [3.63, 3.8) is 0 Å². The summed E-state index contributed by atoms with van der Waals surface area (Å²) in [6.45, 7) is 1.27. The number of amides is 1. The molecule has 212 valence electrons. The van der Waals surface area contributed by atoms with Gasteiger partial charge in [0.25, 0.3) is 0 Å². The number of rotatable bonds is 6. The fourth-order valence-corrected chi connectivity index (χ4v) is 6.67. The van der Waals surface area contributed by atoms with Crippen LogP contribution in [0.1, 0.15) is 44.1 Å². The number of piperazine rings is 1. The zero-order valence-electron chi connectivity index (χ0n) is 20.9. The molecule has 5 rings (SSSR count). The zero-order chi connectivity index (χ0) is 27.3. The molecule has 1 N–H and O–H groups in total. The highest BCUT2D eigenvalue weighted by atomic mass is 19.4.